The van der Waals surface area contributed by atoms with Crippen molar-refractivity contribution in [3.8, 4) is 17.2 Å². The van der Waals surface area contributed by atoms with Gasteiger partial charge < -0.3 is 19.5 Å². The van der Waals surface area contributed by atoms with E-state index in [2.05, 4.69) is 11.4 Å². The lowest BCUT2D eigenvalue weighted by atomic mass is 10.1. The normalized spacial score (nSPS) is 10.2. The molecule has 0 saturated carbocycles. The summed E-state index contributed by atoms with van der Waals surface area (Å²) in [6, 6.07) is 11.3. The van der Waals surface area contributed by atoms with Crippen molar-refractivity contribution in [3.05, 3.63) is 47.5 Å². The van der Waals surface area contributed by atoms with E-state index in [0.717, 1.165) is 11.3 Å². The average molecular weight is 343 g/mol. The third-order valence-electron chi connectivity index (χ3n) is 3.82. The molecule has 1 N–H and O–H groups in total. The van der Waals surface area contributed by atoms with Gasteiger partial charge in [-0.3, -0.25) is 4.79 Å². The molecule has 0 unspecified atom stereocenters. The number of anilines is 1. The highest BCUT2D eigenvalue weighted by atomic mass is 16.5. The molecule has 0 bridgehead atoms. The lowest BCUT2D eigenvalue weighted by Crippen LogP contribution is -2.13. The van der Waals surface area contributed by atoms with Crippen molar-refractivity contribution in [1.82, 2.24) is 0 Å². The molecule has 0 aliphatic rings. The van der Waals surface area contributed by atoms with Crippen LogP contribution >= 0.6 is 0 Å². The molecule has 25 heavy (non-hydrogen) atoms. The second kappa shape index (κ2) is 8.97. The van der Waals surface area contributed by atoms with Crippen molar-refractivity contribution in [2.45, 2.75) is 26.7 Å². The molecule has 0 atom stereocenters. The van der Waals surface area contributed by atoms with Gasteiger partial charge in [0.25, 0.3) is 0 Å². The third kappa shape index (κ3) is 5.41. The maximum absolute atomic E-state index is 12.1. The fraction of sp³-hybridized carbons (Fsp3) is 0.350. The highest BCUT2D eigenvalue weighted by Crippen LogP contribution is 2.29. The number of ether oxygens (including phenoxy) is 3. The Hall–Kier alpha value is -2.69. The molecule has 0 spiro atoms. The van der Waals surface area contributed by atoms with Gasteiger partial charge in [-0.15, -0.1) is 0 Å². The summed E-state index contributed by atoms with van der Waals surface area (Å²) in [4.78, 5) is 12.1. The average Bonchev–Trinajstić information content (AvgIpc) is 2.60. The number of methoxy groups -OCH3 is 2. The zero-order valence-corrected chi connectivity index (χ0v) is 15.2. The van der Waals surface area contributed by atoms with E-state index in [9.17, 15) is 4.79 Å². The van der Waals surface area contributed by atoms with Crippen LogP contribution in [-0.2, 0) is 4.79 Å². The van der Waals surface area contributed by atoms with E-state index in [1.54, 1.807) is 32.4 Å². The van der Waals surface area contributed by atoms with Gasteiger partial charge in [-0.2, -0.15) is 0 Å². The minimum Gasteiger partial charge on any atom is -0.497 e. The fourth-order valence-electron chi connectivity index (χ4n) is 2.50. The van der Waals surface area contributed by atoms with Crippen LogP contribution in [0.15, 0.2) is 36.4 Å². The highest BCUT2D eigenvalue weighted by molar-refractivity contribution is 5.92. The molecular formula is C20H25NO4. The van der Waals surface area contributed by atoms with E-state index in [4.69, 9.17) is 14.2 Å². The van der Waals surface area contributed by atoms with Crippen molar-refractivity contribution < 1.29 is 19.0 Å². The summed E-state index contributed by atoms with van der Waals surface area (Å²) < 4.78 is 16.2. The van der Waals surface area contributed by atoms with E-state index in [0.29, 0.717) is 36.6 Å². The summed E-state index contributed by atoms with van der Waals surface area (Å²) in [5, 5.41) is 2.85. The van der Waals surface area contributed by atoms with Crippen LogP contribution in [0.1, 0.15) is 24.0 Å². The van der Waals surface area contributed by atoms with Crippen molar-refractivity contribution in [1.29, 1.82) is 0 Å². The van der Waals surface area contributed by atoms with Crippen LogP contribution in [0.5, 0.6) is 17.2 Å². The molecule has 2 aromatic carbocycles. The predicted molar refractivity (Wildman–Crippen MR) is 98.8 cm³/mol. The largest absolute Gasteiger partial charge is 0.497 e. The molecule has 0 heterocycles. The molecule has 0 fully saturated rings. The maximum atomic E-state index is 12.1. The van der Waals surface area contributed by atoms with Gasteiger partial charge in [0.2, 0.25) is 5.91 Å². The quantitative estimate of drug-likeness (QED) is 0.733. The van der Waals surface area contributed by atoms with Crippen LogP contribution in [0.25, 0.3) is 0 Å². The fourth-order valence-corrected chi connectivity index (χ4v) is 2.50. The van der Waals surface area contributed by atoms with Gasteiger partial charge in [0, 0.05) is 12.5 Å². The van der Waals surface area contributed by atoms with E-state index in [1.807, 2.05) is 26.0 Å². The number of rotatable bonds is 8. The van der Waals surface area contributed by atoms with Crippen LogP contribution in [-0.4, -0.2) is 26.7 Å². The lowest BCUT2D eigenvalue weighted by molar-refractivity contribution is -0.116. The van der Waals surface area contributed by atoms with Crippen LogP contribution in [0.4, 0.5) is 5.69 Å². The first-order valence-corrected chi connectivity index (χ1v) is 8.25. The number of carbonyl (C=O) groups excluding carboxylic acids is 1. The lowest BCUT2D eigenvalue weighted by Gasteiger charge is -2.12. The molecule has 0 aliphatic heterocycles. The molecule has 1 amide bonds. The summed E-state index contributed by atoms with van der Waals surface area (Å²) in [5.74, 6) is 2.03. The summed E-state index contributed by atoms with van der Waals surface area (Å²) in [6.45, 7) is 4.56. The van der Waals surface area contributed by atoms with Gasteiger partial charge >= 0.3 is 0 Å². The molecule has 5 heteroatoms. The smallest absolute Gasteiger partial charge is 0.224 e. The number of nitrogens with one attached hydrogen (secondary N) is 1. The highest BCUT2D eigenvalue weighted by Gasteiger charge is 2.09. The van der Waals surface area contributed by atoms with E-state index in [-0.39, 0.29) is 5.91 Å². The van der Waals surface area contributed by atoms with E-state index < -0.39 is 0 Å². The number of carbonyl (C=O) groups is 1. The minimum atomic E-state index is -0.0872. The molecule has 0 saturated heterocycles. The number of aryl methyl sites for hydroxylation is 2. The second-order valence-corrected chi connectivity index (χ2v) is 5.84. The summed E-state index contributed by atoms with van der Waals surface area (Å²) in [6.07, 6.45) is 0.997. The van der Waals surface area contributed by atoms with Crippen LogP contribution in [0, 0.1) is 13.8 Å². The van der Waals surface area contributed by atoms with Crippen LogP contribution < -0.4 is 19.5 Å². The molecular weight excluding hydrogens is 318 g/mol. The van der Waals surface area contributed by atoms with Gasteiger partial charge in [-0.1, -0.05) is 17.7 Å². The van der Waals surface area contributed by atoms with Gasteiger partial charge in [0.05, 0.1) is 26.5 Å². The first-order valence-electron chi connectivity index (χ1n) is 8.25. The first kappa shape index (κ1) is 18.6. The SMILES string of the molecule is COc1ccc(OC)c(NC(=O)CCCOc2ccc(C)cc2C)c1. The van der Waals surface area contributed by atoms with Crippen molar-refractivity contribution in [2.24, 2.45) is 0 Å². The van der Waals surface area contributed by atoms with Gasteiger partial charge in [-0.05, 0) is 44.0 Å². The molecule has 0 aliphatic carbocycles. The molecule has 2 rings (SSSR count). The van der Waals surface area contributed by atoms with Crippen LogP contribution in [0.3, 0.4) is 0 Å². The number of benzene rings is 2. The zero-order valence-electron chi connectivity index (χ0n) is 15.2. The molecule has 0 aromatic heterocycles. The maximum Gasteiger partial charge on any atom is 0.224 e. The zero-order chi connectivity index (χ0) is 18.2. The van der Waals surface area contributed by atoms with Gasteiger partial charge in [0.1, 0.15) is 17.2 Å². The van der Waals surface area contributed by atoms with Crippen molar-refractivity contribution in [3.63, 3.8) is 0 Å². The molecule has 0 radical (unpaired) electrons. The Bertz CT molecular complexity index is 728. The Kier molecular flexibility index (Phi) is 6.69. The summed E-state index contributed by atoms with van der Waals surface area (Å²) >= 11 is 0. The Morgan fingerprint density at radius 3 is 2.44 bits per heavy atom. The standard InChI is InChI=1S/C20H25NO4/c1-14-7-9-18(15(2)12-14)25-11-5-6-20(22)21-17-13-16(23-3)8-10-19(17)24-4/h7-10,12-13H,5-6,11H2,1-4H3,(H,21,22). The minimum absolute atomic E-state index is 0.0872. The third-order valence-corrected chi connectivity index (χ3v) is 3.82. The molecule has 2 aromatic rings. The Morgan fingerprint density at radius 1 is 1.00 bits per heavy atom. The Labute approximate surface area is 148 Å². The van der Waals surface area contributed by atoms with E-state index in [1.165, 1.54) is 5.56 Å². The van der Waals surface area contributed by atoms with Crippen molar-refractivity contribution >= 4 is 11.6 Å². The van der Waals surface area contributed by atoms with Gasteiger partial charge in [-0.25, -0.2) is 0 Å². The summed E-state index contributed by atoms with van der Waals surface area (Å²) in [5.41, 5.74) is 2.91. The number of hydrogen-bond donors (Lipinski definition) is 1. The van der Waals surface area contributed by atoms with Gasteiger partial charge in [0.15, 0.2) is 0 Å². The number of amides is 1. The number of hydrogen-bond acceptors (Lipinski definition) is 4. The van der Waals surface area contributed by atoms with Crippen LogP contribution in [0.2, 0.25) is 0 Å². The van der Waals surface area contributed by atoms with Crippen molar-refractivity contribution in [2.75, 3.05) is 26.1 Å². The molecule has 134 valence electrons. The second-order valence-electron chi connectivity index (χ2n) is 5.84. The summed E-state index contributed by atoms with van der Waals surface area (Å²) in [7, 11) is 3.15. The Morgan fingerprint density at radius 2 is 1.76 bits per heavy atom. The molecule has 5 nitrogen and oxygen atoms in total. The van der Waals surface area contributed by atoms with E-state index >= 15 is 0 Å². The topological polar surface area (TPSA) is 56.8 Å². The monoisotopic (exact) mass is 343 g/mol. The first-order chi connectivity index (χ1) is 12.0. The predicted octanol–water partition coefficient (Wildman–Crippen LogP) is 4.12. The Balaban J connectivity index is 1.83.